The molecule has 114 valence electrons. The minimum absolute atomic E-state index is 0.133. The number of nitrogens with one attached hydrogen (secondary N) is 1. The van der Waals surface area contributed by atoms with E-state index < -0.39 is 10.0 Å². The van der Waals surface area contributed by atoms with Gasteiger partial charge in [-0.3, -0.25) is 4.72 Å². The summed E-state index contributed by atoms with van der Waals surface area (Å²) in [7, 11) is 0.178. The first-order chi connectivity index (χ1) is 10.5. The van der Waals surface area contributed by atoms with Crippen molar-refractivity contribution in [3.8, 4) is 0 Å². The molecule has 0 bridgehead atoms. The molecule has 1 aromatic heterocycles. The Hall–Kier alpha value is -2.54. The van der Waals surface area contributed by atoms with Crippen molar-refractivity contribution in [3.05, 3.63) is 48.9 Å². The first-order valence-electron chi connectivity index (χ1n) is 6.59. The highest BCUT2D eigenvalue weighted by molar-refractivity contribution is 7.92. The van der Waals surface area contributed by atoms with Crippen LogP contribution in [0.15, 0.2) is 58.2 Å². The molecule has 0 aliphatic carbocycles. The molecule has 0 fully saturated rings. The molecule has 0 amide bonds. The number of fused-ring (bicyclic) bond motifs is 1. The van der Waals surface area contributed by atoms with Crippen LogP contribution in [0.4, 0.5) is 11.4 Å². The Morgan fingerprint density at radius 2 is 1.82 bits per heavy atom. The van der Waals surface area contributed by atoms with Crippen LogP contribution in [-0.2, 0) is 10.0 Å². The van der Waals surface area contributed by atoms with E-state index in [1.807, 2.05) is 31.1 Å². The van der Waals surface area contributed by atoms with Gasteiger partial charge in [0.25, 0.3) is 10.0 Å². The second-order valence-corrected chi connectivity index (χ2v) is 6.71. The van der Waals surface area contributed by atoms with Crippen molar-refractivity contribution in [2.24, 2.45) is 0 Å². The van der Waals surface area contributed by atoms with Gasteiger partial charge < -0.3 is 9.32 Å². The second kappa shape index (κ2) is 5.34. The first kappa shape index (κ1) is 14.4. The predicted molar refractivity (Wildman–Crippen MR) is 85.6 cm³/mol. The van der Waals surface area contributed by atoms with Gasteiger partial charge in [0.05, 0.1) is 4.90 Å². The molecular weight excluding hydrogens is 302 g/mol. The van der Waals surface area contributed by atoms with Crippen molar-refractivity contribution in [2.75, 3.05) is 23.7 Å². The quantitative estimate of drug-likeness (QED) is 0.800. The third kappa shape index (κ3) is 2.75. The van der Waals surface area contributed by atoms with Crippen LogP contribution < -0.4 is 9.62 Å². The molecular formula is C15H15N3O3S. The zero-order valence-corrected chi connectivity index (χ0v) is 13.0. The van der Waals surface area contributed by atoms with E-state index in [2.05, 4.69) is 9.71 Å². The normalized spacial score (nSPS) is 11.5. The molecule has 1 N–H and O–H groups in total. The topological polar surface area (TPSA) is 75.4 Å². The average Bonchev–Trinajstić information content (AvgIpc) is 2.94. The third-order valence-corrected chi connectivity index (χ3v) is 4.63. The first-order valence-corrected chi connectivity index (χ1v) is 8.07. The maximum absolute atomic E-state index is 12.4. The highest BCUT2D eigenvalue weighted by Gasteiger charge is 2.15. The van der Waals surface area contributed by atoms with Gasteiger partial charge in [-0.25, -0.2) is 13.4 Å². The van der Waals surface area contributed by atoms with Crippen LogP contribution in [0.2, 0.25) is 0 Å². The number of nitrogens with zero attached hydrogens (tertiary/aromatic N) is 2. The number of aromatic nitrogens is 1. The van der Waals surface area contributed by atoms with Crippen molar-refractivity contribution in [2.45, 2.75) is 4.90 Å². The van der Waals surface area contributed by atoms with Crippen molar-refractivity contribution in [1.82, 2.24) is 4.98 Å². The lowest BCUT2D eigenvalue weighted by Gasteiger charge is -2.13. The molecule has 0 saturated heterocycles. The summed E-state index contributed by atoms with van der Waals surface area (Å²) in [5.41, 5.74) is 2.55. The Morgan fingerprint density at radius 3 is 2.50 bits per heavy atom. The van der Waals surface area contributed by atoms with Crippen molar-refractivity contribution >= 4 is 32.5 Å². The van der Waals surface area contributed by atoms with Gasteiger partial charge >= 0.3 is 0 Å². The van der Waals surface area contributed by atoms with Crippen LogP contribution >= 0.6 is 0 Å². The summed E-state index contributed by atoms with van der Waals surface area (Å²) in [6, 6.07) is 11.7. The standard InChI is InChI=1S/C15H15N3O3S/c1-18(2)12-5-3-11(4-6-12)17-22(19,20)13-7-8-14-15(9-13)21-10-16-14/h3-10,17H,1-2H3. The molecule has 6 nitrogen and oxygen atoms in total. The Balaban J connectivity index is 1.89. The van der Waals surface area contributed by atoms with E-state index >= 15 is 0 Å². The van der Waals surface area contributed by atoms with Gasteiger partial charge in [0.1, 0.15) is 5.52 Å². The molecule has 2 aromatic carbocycles. The number of anilines is 2. The molecule has 0 radical (unpaired) electrons. The SMILES string of the molecule is CN(C)c1ccc(NS(=O)(=O)c2ccc3ncoc3c2)cc1. The van der Waals surface area contributed by atoms with E-state index in [4.69, 9.17) is 4.42 Å². The molecule has 0 spiro atoms. The Labute approximate surface area is 128 Å². The molecule has 3 aromatic rings. The van der Waals surface area contributed by atoms with Crippen molar-refractivity contribution < 1.29 is 12.8 Å². The van der Waals surface area contributed by atoms with Gasteiger partial charge in [0.15, 0.2) is 12.0 Å². The molecule has 3 rings (SSSR count). The van der Waals surface area contributed by atoms with Crippen molar-refractivity contribution in [3.63, 3.8) is 0 Å². The summed E-state index contributed by atoms with van der Waals surface area (Å²) < 4.78 is 32.5. The highest BCUT2D eigenvalue weighted by atomic mass is 32.2. The highest BCUT2D eigenvalue weighted by Crippen LogP contribution is 2.22. The molecule has 0 aliphatic heterocycles. The molecule has 7 heteroatoms. The zero-order valence-electron chi connectivity index (χ0n) is 12.1. The lowest BCUT2D eigenvalue weighted by atomic mass is 10.3. The number of hydrogen-bond acceptors (Lipinski definition) is 5. The van der Waals surface area contributed by atoms with Crippen LogP contribution in [0.25, 0.3) is 11.1 Å². The van der Waals surface area contributed by atoms with Crippen LogP contribution in [-0.4, -0.2) is 27.5 Å². The Morgan fingerprint density at radius 1 is 1.09 bits per heavy atom. The minimum atomic E-state index is -3.67. The number of sulfonamides is 1. The van der Waals surface area contributed by atoms with Gasteiger partial charge in [-0.2, -0.15) is 0 Å². The summed E-state index contributed by atoms with van der Waals surface area (Å²) in [4.78, 5) is 6.04. The molecule has 0 unspecified atom stereocenters. The van der Waals surface area contributed by atoms with E-state index in [1.54, 1.807) is 18.2 Å². The smallest absolute Gasteiger partial charge is 0.262 e. The van der Waals surface area contributed by atoms with Gasteiger partial charge in [0, 0.05) is 31.5 Å². The largest absolute Gasteiger partial charge is 0.443 e. The van der Waals surface area contributed by atoms with Crippen LogP contribution in [0.5, 0.6) is 0 Å². The van der Waals surface area contributed by atoms with Gasteiger partial charge in [-0.1, -0.05) is 0 Å². The van der Waals surface area contributed by atoms with Crippen molar-refractivity contribution in [1.29, 1.82) is 0 Å². The number of benzene rings is 2. The third-order valence-electron chi connectivity index (χ3n) is 3.25. The van der Waals surface area contributed by atoms with Gasteiger partial charge in [-0.05, 0) is 36.4 Å². The number of oxazole rings is 1. The van der Waals surface area contributed by atoms with E-state index in [1.165, 1.54) is 18.5 Å². The van der Waals surface area contributed by atoms with E-state index in [0.717, 1.165) is 5.69 Å². The second-order valence-electron chi connectivity index (χ2n) is 5.03. The monoisotopic (exact) mass is 317 g/mol. The average molecular weight is 317 g/mol. The number of hydrogen-bond donors (Lipinski definition) is 1. The summed E-state index contributed by atoms with van der Waals surface area (Å²) in [6.07, 6.45) is 1.29. The molecule has 0 atom stereocenters. The Bertz CT molecular complexity index is 899. The van der Waals surface area contributed by atoms with Gasteiger partial charge in [-0.15, -0.1) is 0 Å². The van der Waals surface area contributed by atoms with E-state index in [-0.39, 0.29) is 4.90 Å². The van der Waals surface area contributed by atoms with E-state index in [0.29, 0.717) is 16.8 Å². The molecule has 22 heavy (non-hydrogen) atoms. The summed E-state index contributed by atoms with van der Waals surface area (Å²) >= 11 is 0. The Kier molecular flexibility index (Phi) is 3.50. The fourth-order valence-electron chi connectivity index (χ4n) is 2.04. The predicted octanol–water partition coefficient (Wildman–Crippen LogP) is 2.69. The lowest BCUT2D eigenvalue weighted by molar-refractivity contribution is 0.594. The lowest BCUT2D eigenvalue weighted by Crippen LogP contribution is -2.13. The maximum Gasteiger partial charge on any atom is 0.262 e. The summed E-state index contributed by atoms with van der Waals surface area (Å²) in [5.74, 6) is 0. The zero-order chi connectivity index (χ0) is 15.7. The molecule has 0 saturated carbocycles. The van der Waals surface area contributed by atoms with Gasteiger partial charge in [0.2, 0.25) is 0 Å². The summed E-state index contributed by atoms with van der Waals surface area (Å²) in [6.45, 7) is 0. The van der Waals surface area contributed by atoms with Crippen LogP contribution in [0.3, 0.4) is 0 Å². The van der Waals surface area contributed by atoms with Crippen LogP contribution in [0.1, 0.15) is 0 Å². The van der Waals surface area contributed by atoms with E-state index in [9.17, 15) is 8.42 Å². The minimum Gasteiger partial charge on any atom is -0.443 e. The van der Waals surface area contributed by atoms with Crippen LogP contribution in [0, 0.1) is 0 Å². The molecule has 0 aliphatic rings. The fourth-order valence-corrected chi connectivity index (χ4v) is 3.12. The number of rotatable bonds is 4. The summed E-state index contributed by atoms with van der Waals surface area (Å²) in [5, 5.41) is 0. The molecule has 1 heterocycles. The maximum atomic E-state index is 12.4. The fraction of sp³-hybridized carbons (Fsp3) is 0.133.